The summed E-state index contributed by atoms with van der Waals surface area (Å²) >= 11 is 0. The standard InChI is InChI=1S/C14H21N3/c1-3-6-10(7-4-2)14-16-12-9-5-8-11(15)13(12)17-14/h5,8-10H,3-4,6-7,15H2,1-2H3,(H,16,17). The normalized spacial score (nSPS) is 11.5. The molecule has 0 aliphatic carbocycles. The number of nitrogen functional groups attached to an aromatic ring is 1. The van der Waals surface area contributed by atoms with Crippen molar-refractivity contribution in [1.82, 2.24) is 9.97 Å². The zero-order valence-electron chi connectivity index (χ0n) is 10.7. The van der Waals surface area contributed by atoms with Gasteiger partial charge in [-0.05, 0) is 25.0 Å². The molecular formula is C14H21N3. The number of hydrogen-bond acceptors (Lipinski definition) is 2. The molecule has 0 bridgehead atoms. The van der Waals surface area contributed by atoms with Crippen molar-refractivity contribution in [2.24, 2.45) is 0 Å². The summed E-state index contributed by atoms with van der Waals surface area (Å²) < 4.78 is 0. The van der Waals surface area contributed by atoms with Crippen LogP contribution in [0.15, 0.2) is 18.2 Å². The number of nitrogens with zero attached hydrogens (tertiary/aromatic N) is 1. The van der Waals surface area contributed by atoms with Gasteiger partial charge in [-0.3, -0.25) is 0 Å². The number of fused-ring (bicyclic) bond motifs is 1. The summed E-state index contributed by atoms with van der Waals surface area (Å²) in [4.78, 5) is 8.08. The molecule has 2 aromatic rings. The van der Waals surface area contributed by atoms with Gasteiger partial charge in [-0.25, -0.2) is 4.98 Å². The summed E-state index contributed by atoms with van der Waals surface area (Å²) in [5.74, 6) is 1.64. The van der Waals surface area contributed by atoms with E-state index in [1.165, 1.54) is 25.7 Å². The molecule has 0 spiro atoms. The summed E-state index contributed by atoms with van der Waals surface area (Å²) in [6.07, 6.45) is 4.76. The predicted molar refractivity (Wildman–Crippen MR) is 73.1 cm³/mol. The van der Waals surface area contributed by atoms with Crippen LogP contribution in [0.3, 0.4) is 0 Å². The first-order valence-corrected chi connectivity index (χ1v) is 6.50. The molecule has 1 aromatic carbocycles. The third-order valence-electron chi connectivity index (χ3n) is 3.22. The molecule has 92 valence electrons. The van der Waals surface area contributed by atoms with Gasteiger partial charge < -0.3 is 10.7 Å². The van der Waals surface area contributed by atoms with Gasteiger partial charge in [0.1, 0.15) is 11.3 Å². The number of H-pyrrole nitrogens is 1. The van der Waals surface area contributed by atoms with E-state index in [0.29, 0.717) is 5.92 Å². The van der Waals surface area contributed by atoms with Crippen molar-refractivity contribution in [3.05, 3.63) is 24.0 Å². The Balaban J connectivity index is 2.36. The SMILES string of the molecule is CCCC(CCC)c1nc2c(N)cccc2[nH]1. The average Bonchev–Trinajstić information content (AvgIpc) is 2.74. The monoisotopic (exact) mass is 231 g/mol. The molecule has 3 nitrogen and oxygen atoms in total. The third kappa shape index (κ3) is 2.43. The van der Waals surface area contributed by atoms with Crippen molar-refractivity contribution in [2.45, 2.75) is 45.4 Å². The molecule has 0 fully saturated rings. The highest BCUT2D eigenvalue weighted by Crippen LogP contribution is 2.27. The number of para-hydroxylation sites is 1. The number of aromatic nitrogens is 2. The van der Waals surface area contributed by atoms with E-state index in [9.17, 15) is 0 Å². The minimum absolute atomic E-state index is 0.539. The highest BCUT2D eigenvalue weighted by molar-refractivity contribution is 5.86. The van der Waals surface area contributed by atoms with Crippen LogP contribution in [-0.2, 0) is 0 Å². The minimum atomic E-state index is 0.539. The van der Waals surface area contributed by atoms with Gasteiger partial charge in [-0.1, -0.05) is 32.8 Å². The lowest BCUT2D eigenvalue weighted by Crippen LogP contribution is -2.00. The van der Waals surface area contributed by atoms with E-state index in [2.05, 4.69) is 23.8 Å². The molecule has 0 unspecified atom stereocenters. The Hall–Kier alpha value is -1.51. The summed E-state index contributed by atoms with van der Waals surface area (Å²) in [6, 6.07) is 5.91. The van der Waals surface area contributed by atoms with Crippen LogP contribution in [0.25, 0.3) is 11.0 Å². The van der Waals surface area contributed by atoms with Gasteiger partial charge in [0.25, 0.3) is 0 Å². The first kappa shape index (κ1) is 12.0. The van der Waals surface area contributed by atoms with Gasteiger partial charge >= 0.3 is 0 Å². The Bertz CT molecular complexity index is 481. The summed E-state index contributed by atoms with van der Waals surface area (Å²) in [5, 5.41) is 0. The maximum absolute atomic E-state index is 5.94. The van der Waals surface area contributed by atoms with Crippen LogP contribution in [0.5, 0.6) is 0 Å². The Labute approximate surface area is 102 Å². The number of aromatic amines is 1. The molecule has 1 aromatic heterocycles. The maximum atomic E-state index is 5.94. The molecule has 17 heavy (non-hydrogen) atoms. The van der Waals surface area contributed by atoms with E-state index in [0.717, 1.165) is 22.5 Å². The Kier molecular flexibility index (Phi) is 3.67. The van der Waals surface area contributed by atoms with Gasteiger partial charge in [-0.15, -0.1) is 0 Å². The average molecular weight is 231 g/mol. The first-order chi connectivity index (χ1) is 8.26. The molecule has 1 heterocycles. The zero-order chi connectivity index (χ0) is 12.3. The lowest BCUT2D eigenvalue weighted by Gasteiger charge is -2.11. The quantitative estimate of drug-likeness (QED) is 0.768. The summed E-state index contributed by atoms with van der Waals surface area (Å²) in [7, 11) is 0. The number of anilines is 1. The van der Waals surface area contributed by atoms with Crippen LogP contribution in [-0.4, -0.2) is 9.97 Å². The number of nitrogens with two attached hydrogens (primary N) is 1. The molecule has 0 saturated carbocycles. The Morgan fingerprint density at radius 2 is 1.94 bits per heavy atom. The second-order valence-electron chi connectivity index (χ2n) is 4.64. The number of hydrogen-bond donors (Lipinski definition) is 2. The van der Waals surface area contributed by atoms with E-state index in [4.69, 9.17) is 5.73 Å². The fraction of sp³-hybridized carbons (Fsp3) is 0.500. The van der Waals surface area contributed by atoms with E-state index in [-0.39, 0.29) is 0 Å². The molecule has 2 rings (SSSR count). The van der Waals surface area contributed by atoms with Crippen LogP contribution in [0.2, 0.25) is 0 Å². The minimum Gasteiger partial charge on any atom is -0.397 e. The summed E-state index contributed by atoms with van der Waals surface area (Å²) in [5.41, 5.74) is 8.67. The van der Waals surface area contributed by atoms with Crippen LogP contribution in [0.1, 0.15) is 51.3 Å². The molecular weight excluding hydrogens is 210 g/mol. The molecule has 0 aliphatic rings. The lowest BCUT2D eigenvalue weighted by molar-refractivity contribution is 0.539. The lowest BCUT2D eigenvalue weighted by atomic mass is 9.98. The van der Waals surface area contributed by atoms with Crippen LogP contribution < -0.4 is 5.73 Å². The second kappa shape index (κ2) is 5.21. The summed E-state index contributed by atoms with van der Waals surface area (Å²) in [6.45, 7) is 4.44. The smallest absolute Gasteiger partial charge is 0.111 e. The van der Waals surface area contributed by atoms with E-state index in [1.54, 1.807) is 0 Å². The number of imidazole rings is 1. The van der Waals surface area contributed by atoms with Gasteiger partial charge in [0, 0.05) is 5.92 Å². The molecule has 0 amide bonds. The van der Waals surface area contributed by atoms with Gasteiger partial charge in [0.15, 0.2) is 0 Å². The van der Waals surface area contributed by atoms with E-state index in [1.807, 2.05) is 18.2 Å². The zero-order valence-corrected chi connectivity index (χ0v) is 10.7. The maximum Gasteiger partial charge on any atom is 0.111 e. The van der Waals surface area contributed by atoms with Gasteiger partial charge in [0.2, 0.25) is 0 Å². The van der Waals surface area contributed by atoms with Crippen molar-refractivity contribution in [1.29, 1.82) is 0 Å². The fourth-order valence-electron chi connectivity index (χ4n) is 2.38. The molecule has 3 N–H and O–H groups in total. The highest BCUT2D eigenvalue weighted by atomic mass is 14.9. The van der Waals surface area contributed by atoms with Crippen LogP contribution in [0, 0.1) is 0 Å². The predicted octanol–water partition coefficient (Wildman–Crippen LogP) is 3.83. The van der Waals surface area contributed by atoms with Crippen LogP contribution in [0.4, 0.5) is 5.69 Å². The topological polar surface area (TPSA) is 54.7 Å². The Morgan fingerprint density at radius 3 is 2.53 bits per heavy atom. The van der Waals surface area contributed by atoms with Crippen molar-refractivity contribution in [3.8, 4) is 0 Å². The second-order valence-corrected chi connectivity index (χ2v) is 4.64. The van der Waals surface area contributed by atoms with Crippen LogP contribution >= 0.6 is 0 Å². The van der Waals surface area contributed by atoms with E-state index >= 15 is 0 Å². The van der Waals surface area contributed by atoms with Crippen molar-refractivity contribution in [3.63, 3.8) is 0 Å². The largest absolute Gasteiger partial charge is 0.397 e. The third-order valence-corrected chi connectivity index (χ3v) is 3.22. The van der Waals surface area contributed by atoms with Gasteiger partial charge in [0.05, 0.1) is 11.2 Å². The molecule has 0 radical (unpaired) electrons. The molecule has 0 atom stereocenters. The first-order valence-electron chi connectivity index (χ1n) is 6.50. The Morgan fingerprint density at radius 1 is 1.24 bits per heavy atom. The molecule has 0 aliphatic heterocycles. The van der Waals surface area contributed by atoms with Crippen molar-refractivity contribution < 1.29 is 0 Å². The number of rotatable bonds is 5. The van der Waals surface area contributed by atoms with Gasteiger partial charge in [-0.2, -0.15) is 0 Å². The van der Waals surface area contributed by atoms with Crippen molar-refractivity contribution >= 4 is 16.7 Å². The molecule has 0 saturated heterocycles. The number of benzene rings is 1. The van der Waals surface area contributed by atoms with Crippen molar-refractivity contribution in [2.75, 3.05) is 5.73 Å². The molecule has 3 heteroatoms. The van der Waals surface area contributed by atoms with E-state index < -0.39 is 0 Å². The highest BCUT2D eigenvalue weighted by Gasteiger charge is 2.14. The fourth-order valence-corrected chi connectivity index (χ4v) is 2.38. The number of nitrogens with one attached hydrogen (secondary N) is 1.